The van der Waals surface area contributed by atoms with Crippen molar-refractivity contribution in [3.05, 3.63) is 83.9 Å². The summed E-state index contributed by atoms with van der Waals surface area (Å²) in [7, 11) is -4.07. The lowest BCUT2D eigenvalue weighted by molar-refractivity contribution is -0.128. The zero-order chi connectivity index (χ0) is 27.8. The summed E-state index contributed by atoms with van der Waals surface area (Å²) >= 11 is 1.52. The summed E-state index contributed by atoms with van der Waals surface area (Å²) in [5, 5.41) is 2.84. The van der Waals surface area contributed by atoms with Gasteiger partial charge in [0.15, 0.2) is 0 Å². The quantitative estimate of drug-likeness (QED) is 0.325. The third-order valence-electron chi connectivity index (χ3n) is 6.43. The van der Waals surface area contributed by atoms with E-state index < -0.39 is 22.5 Å². The smallest absolute Gasteiger partial charge is 0.264 e. The number of amides is 2. The SMILES string of the molecule is CCOc1ccccc1N(CC(=O)NCc1ccc(CN2CCCC2=O)cc1)S(=O)(=O)c1ccc(SC)cc1. The van der Waals surface area contributed by atoms with Crippen LogP contribution in [0.2, 0.25) is 0 Å². The van der Waals surface area contributed by atoms with Crippen molar-refractivity contribution >= 4 is 39.3 Å². The molecule has 206 valence electrons. The van der Waals surface area contributed by atoms with Crippen LogP contribution in [0.4, 0.5) is 5.69 Å². The minimum absolute atomic E-state index is 0.0893. The van der Waals surface area contributed by atoms with Gasteiger partial charge in [0.1, 0.15) is 12.3 Å². The third-order valence-corrected chi connectivity index (χ3v) is 8.94. The highest BCUT2D eigenvalue weighted by molar-refractivity contribution is 7.98. The standard InChI is InChI=1S/C29H33N3O5S2/c1-3-37-27-8-5-4-7-26(27)32(39(35,36)25-16-14-24(38-2)15-17-25)21-28(33)30-19-22-10-12-23(13-11-22)20-31-18-6-9-29(31)34/h4-5,7-8,10-17H,3,6,9,18-21H2,1-2H3,(H,30,33). The van der Waals surface area contributed by atoms with Crippen LogP contribution in [-0.4, -0.2) is 51.1 Å². The maximum atomic E-state index is 13.8. The first-order valence-electron chi connectivity index (χ1n) is 12.8. The lowest BCUT2D eigenvalue weighted by Crippen LogP contribution is -2.40. The summed E-state index contributed by atoms with van der Waals surface area (Å²) in [6.45, 7) is 3.36. The van der Waals surface area contributed by atoms with Gasteiger partial charge in [-0.3, -0.25) is 13.9 Å². The van der Waals surface area contributed by atoms with E-state index >= 15 is 0 Å². The molecule has 1 fully saturated rings. The molecule has 8 nitrogen and oxygen atoms in total. The Morgan fingerprint density at radius 2 is 1.72 bits per heavy atom. The van der Waals surface area contributed by atoms with Gasteiger partial charge in [0.05, 0.1) is 17.2 Å². The van der Waals surface area contributed by atoms with Gasteiger partial charge in [-0.2, -0.15) is 0 Å². The molecule has 1 aliphatic rings. The predicted octanol–water partition coefficient (Wildman–Crippen LogP) is 4.44. The third kappa shape index (κ3) is 7.13. The Labute approximate surface area is 234 Å². The molecule has 1 heterocycles. The Balaban J connectivity index is 1.49. The summed E-state index contributed by atoms with van der Waals surface area (Å²) < 4.78 is 34.3. The van der Waals surface area contributed by atoms with E-state index in [0.29, 0.717) is 31.0 Å². The summed E-state index contributed by atoms with van der Waals surface area (Å²) in [6.07, 6.45) is 3.42. The molecule has 0 aliphatic carbocycles. The van der Waals surface area contributed by atoms with E-state index in [1.54, 1.807) is 48.5 Å². The molecule has 0 saturated carbocycles. The van der Waals surface area contributed by atoms with Gasteiger partial charge in [-0.1, -0.05) is 36.4 Å². The number of hydrogen-bond donors (Lipinski definition) is 1. The molecule has 0 spiro atoms. The van der Waals surface area contributed by atoms with Crippen molar-refractivity contribution in [1.82, 2.24) is 10.2 Å². The second kappa shape index (κ2) is 13.0. The fourth-order valence-electron chi connectivity index (χ4n) is 4.36. The molecule has 0 aromatic heterocycles. The molecule has 0 atom stereocenters. The van der Waals surface area contributed by atoms with Gasteiger partial charge >= 0.3 is 0 Å². The first-order valence-corrected chi connectivity index (χ1v) is 15.5. The molecular formula is C29H33N3O5S2. The number of hydrogen-bond acceptors (Lipinski definition) is 6. The van der Waals surface area contributed by atoms with Crippen LogP contribution in [-0.2, 0) is 32.7 Å². The van der Waals surface area contributed by atoms with Gasteiger partial charge in [-0.05, 0) is 67.1 Å². The van der Waals surface area contributed by atoms with E-state index in [4.69, 9.17) is 4.74 Å². The molecule has 1 aliphatic heterocycles. The molecule has 0 unspecified atom stereocenters. The second-order valence-electron chi connectivity index (χ2n) is 9.10. The van der Waals surface area contributed by atoms with Crippen LogP contribution in [0.25, 0.3) is 0 Å². The van der Waals surface area contributed by atoms with Crippen molar-refractivity contribution in [3.63, 3.8) is 0 Å². The first kappa shape index (κ1) is 28.5. The van der Waals surface area contributed by atoms with E-state index in [1.165, 1.54) is 11.8 Å². The number of sulfonamides is 1. The average molecular weight is 568 g/mol. The zero-order valence-corrected chi connectivity index (χ0v) is 23.8. The Morgan fingerprint density at radius 3 is 2.36 bits per heavy atom. The summed E-state index contributed by atoms with van der Waals surface area (Å²) in [5.74, 6) is 0.110. The zero-order valence-electron chi connectivity index (χ0n) is 22.1. The van der Waals surface area contributed by atoms with Gasteiger partial charge < -0.3 is 15.0 Å². The van der Waals surface area contributed by atoms with Crippen molar-refractivity contribution in [2.24, 2.45) is 0 Å². The Hall–Kier alpha value is -3.50. The number of nitrogens with zero attached hydrogens (tertiary/aromatic N) is 2. The van der Waals surface area contributed by atoms with Crippen molar-refractivity contribution in [2.45, 2.75) is 42.6 Å². The molecule has 1 saturated heterocycles. The number of nitrogens with one attached hydrogen (secondary N) is 1. The van der Waals surface area contributed by atoms with E-state index in [1.807, 2.05) is 42.3 Å². The number of likely N-dealkylation sites (tertiary alicyclic amines) is 1. The molecule has 0 radical (unpaired) electrons. The molecule has 39 heavy (non-hydrogen) atoms. The first-order chi connectivity index (χ1) is 18.8. The molecular weight excluding hydrogens is 534 g/mol. The van der Waals surface area contributed by atoms with Crippen molar-refractivity contribution in [2.75, 3.05) is 30.3 Å². The van der Waals surface area contributed by atoms with Gasteiger partial charge in [0.25, 0.3) is 10.0 Å². The summed E-state index contributed by atoms with van der Waals surface area (Å²) in [4.78, 5) is 27.8. The Morgan fingerprint density at radius 1 is 1.03 bits per heavy atom. The topological polar surface area (TPSA) is 96.0 Å². The number of thioether (sulfide) groups is 1. The molecule has 2 amide bonds. The summed E-state index contributed by atoms with van der Waals surface area (Å²) in [5.41, 5.74) is 2.19. The lowest BCUT2D eigenvalue weighted by atomic mass is 10.1. The number of carbonyl (C=O) groups excluding carboxylic acids is 2. The van der Waals surface area contributed by atoms with Gasteiger partial charge in [0.2, 0.25) is 11.8 Å². The number of carbonyl (C=O) groups is 2. The normalized spacial score (nSPS) is 13.4. The highest BCUT2D eigenvalue weighted by atomic mass is 32.2. The molecule has 4 rings (SSSR count). The maximum absolute atomic E-state index is 13.8. The van der Waals surface area contributed by atoms with Gasteiger partial charge in [0, 0.05) is 31.0 Å². The fraction of sp³-hybridized carbons (Fsp3) is 0.310. The van der Waals surface area contributed by atoms with Crippen LogP contribution in [0.5, 0.6) is 5.75 Å². The van der Waals surface area contributed by atoms with Crippen LogP contribution < -0.4 is 14.4 Å². The highest BCUT2D eigenvalue weighted by Crippen LogP contribution is 2.33. The van der Waals surface area contributed by atoms with Crippen LogP contribution in [0.1, 0.15) is 30.9 Å². The monoisotopic (exact) mass is 567 g/mol. The van der Waals surface area contributed by atoms with E-state index in [0.717, 1.165) is 33.3 Å². The number of para-hydroxylation sites is 2. The minimum Gasteiger partial charge on any atom is -0.492 e. The van der Waals surface area contributed by atoms with Crippen LogP contribution in [0.15, 0.2) is 82.6 Å². The predicted molar refractivity (Wildman–Crippen MR) is 153 cm³/mol. The minimum atomic E-state index is -4.07. The Bertz CT molecular complexity index is 1390. The van der Waals surface area contributed by atoms with Crippen molar-refractivity contribution in [3.8, 4) is 5.75 Å². The number of anilines is 1. The maximum Gasteiger partial charge on any atom is 0.264 e. The molecule has 3 aromatic rings. The molecule has 3 aromatic carbocycles. The fourth-order valence-corrected chi connectivity index (χ4v) is 6.20. The van der Waals surface area contributed by atoms with Crippen LogP contribution >= 0.6 is 11.8 Å². The number of benzene rings is 3. The van der Waals surface area contributed by atoms with E-state index in [2.05, 4.69) is 5.32 Å². The molecule has 1 N–H and O–H groups in total. The van der Waals surface area contributed by atoms with Crippen molar-refractivity contribution < 1.29 is 22.7 Å². The van der Waals surface area contributed by atoms with Crippen molar-refractivity contribution in [1.29, 1.82) is 0 Å². The Kier molecular flexibility index (Phi) is 9.53. The number of ether oxygens (including phenoxy) is 1. The summed E-state index contributed by atoms with van der Waals surface area (Å²) in [6, 6.07) is 21.1. The highest BCUT2D eigenvalue weighted by Gasteiger charge is 2.29. The average Bonchev–Trinajstić information content (AvgIpc) is 3.35. The van der Waals surface area contributed by atoms with Crippen LogP contribution in [0.3, 0.4) is 0 Å². The van der Waals surface area contributed by atoms with Gasteiger partial charge in [-0.25, -0.2) is 8.42 Å². The second-order valence-corrected chi connectivity index (χ2v) is 11.8. The van der Waals surface area contributed by atoms with Crippen LogP contribution in [0, 0.1) is 0 Å². The largest absolute Gasteiger partial charge is 0.492 e. The van der Waals surface area contributed by atoms with E-state index in [-0.39, 0.29) is 17.3 Å². The van der Waals surface area contributed by atoms with E-state index in [9.17, 15) is 18.0 Å². The lowest BCUT2D eigenvalue weighted by Gasteiger charge is -2.26. The molecule has 10 heteroatoms. The van der Waals surface area contributed by atoms with Gasteiger partial charge in [-0.15, -0.1) is 11.8 Å². The number of rotatable bonds is 12. The molecule has 0 bridgehead atoms.